The first kappa shape index (κ1) is 22.1. The molecule has 1 rings (SSSR count). The maximum Gasteiger partial charge on any atom is 0.303 e. The van der Waals surface area contributed by atoms with E-state index in [4.69, 9.17) is 26.2 Å². The Morgan fingerprint density at radius 1 is 1.12 bits per heavy atom. The molecule has 1 amide bonds. The number of carboxylic acid groups (broad SMARTS) is 1. The number of carbonyl (C=O) groups excluding carboxylic acids is 1. The third-order valence-corrected chi connectivity index (χ3v) is 3.95. The van der Waals surface area contributed by atoms with E-state index in [0.717, 1.165) is 24.8 Å². The summed E-state index contributed by atoms with van der Waals surface area (Å²) in [6.45, 7) is 5.32. The average Bonchev–Trinajstić information content (AvgIpc) is 2.60. The topological polar surface area (TPSA) is 84.9 Å². The first-order chi connectivity index (χ1) is 12.5. The van der Waals surface area contributed by atoms with Crippen LogP contribution >= 0.6 is 11.6 Å². The van der Waals surface area contributed by atoms with Crippen molar-refractivity contribution < 1.29 is 24.2 Å². The molecule has 7 heteroatoms. The third-order valence-electron chi connectivity index (χ3n) is 3.67. The molecule has 0 bridgehead atoms. The lowest BCUT2D eigenvalue weighted by atomic mass is 10.2. The van der Waals surface area contributed by atoms with Crippen LogP contribution in [0.15, 0.2) is 12.1 Å². The Bertz CT molecular complexity index is 592. The second kappa shape index (κ2) is 12.4. The van der Waals surface area contributed by atoms with Gasteiger partial charge in [-0.1, -0.05) is 37.8 Å². The zero-order chi connectivity index (χ0) is 19.4. The summed E-state index contributed by atoms with van der Waals surface area (Å²) in [6, 6.07) is 3.51. The van der Waals surface area contributed by atoms with Crippen LogP contribution in [0.2, 0.25) is 5.02 Å². The molecular weight excluding hydrogens is 358 g/mol. The number of carbonyl (C=O) groups is 2. The molecule has 0 radical (unpaired) electrons. The van der Waals surface area contributed by atoms with Crippen LogP contribution in [-0.2, 0) is 16.1 Å². The number of rotatable bonds is 13. The van der Waals surface area contributed by atoms with Crippen LogP contribution < -0.4 is 14.8 Å². The van der Waals surface area contributed by atoms with Crippen LogP contribution in [0.3, 0.4) is 0 Å². The van der Waals surface area contributed by atoms with Gasteiger partial charge in [0.05, 0.1) is 24.7 Å². The standard InChI is InChI=1S/C19H28ClNO5/c1-3-5-6-7-10-26-19-15(20)11-14(12-16(19)25-4-2)13-21-17(22)8-9-18(23)24/h11-12H,3-10,13H2,1-2H3,(H,21,22)(H,23,24). The SMILES string of the molecule is CCCCCCOc1c(Cl)cc(CNC(=O)CCC(=O)O)cc1OCC. The van der Waals surface area contributed by atoms with E-state index < -0.39 is 5.97 Å². The lowest BCUT2D eigenvalue weighted by Gasteiger charge is -2.15. The van der Waals surface area contributed by atoms with Crippen molar-refractivity contribution >= 4 is 23.5 Å². The van der Waals surface area contributed by atoms with Crippen LogP contribution in [0.4, 0.5) is 0 Å². The molecule has 1 aromatic rings. The van der Waals surface area contributed by atoms with Crippen molar-refractivity contribution in [1.29, 1.82) is 0 Å². The van der Waals surface area contributed by atoms with Crippen LogP contribution in [0.25, 0.3) is 0 Å². The highest BCUT2D eigenvalue weighted by Crippen LogP contribution is 2.37. The largest absolute Gasteiger partial charge is 0.490 e. The maximum absolute atomic E-state index is 11.6. The molecule has 0 aliphatic rings. The molecule has 0 aliphatic carbocycles. The quantitative estimate of drug-likeness (QED) is 0.497. The Morgan fingerprint density at radius 3 is 2.54 bits per heavy atom. The molecule has 6 nitrogen and oxygen atoms in total. The number of nitrogens with one attached hydrogen (secondary N) is 1. The number of benzene rings is 1. The van der Waals surface area contributed by atoms with Gasteiger partial charge < -0.3 is 19.9 Å². The molecule has 0 aromatic heterocycles. The third kappa shape index (κ3) is 8.43. The van der Waals surface area contributed by atoms with Gasteiger partial charge in [0.2, 0.25) is 5.91 Å². The molecule has 0 aliphatic heterocycles. The summed E-state index contributed by atoms with van der Waals surface area (Å²) in [5, 5.41) is 11.7. The summed E-state index contributed by atoms with van der Waals surface area (Å²) >= 11 is 6.33. The first-order valence-corrected chi connectivity index (χ1v) is 9.42. The summed E-state index contributed by atoms with van der Waals surface area (Å²) in [5.41, 5.74) is 0.764. The molecular formula is C19H28ClNO5. The molecule has 1 aromatic carbocycles. The van der Waals surface area contributed by atoms with Gasteiger partial charge in [-0.15, -0.1) is 0 Å². The Morgan fingerprint density at radius 2 is 1.88 bits per heavy atom. The van der Waals surface area contributed by atoms with Crippen molar-refractivity contribution in [2.45, 2.75) is 58.9 Å². The number of hydrogen-bond acceptors (Lipinski definition) is 4. The molecule has 0 heterocycles. The van der Waals surface area contributed by atoms with Crippen molar-refractivity contribution in [3.63, 3.8) is 0 Å². The molecule has 0 saturated carbocycles. The molecule has 0 spiro atoms. The summed E-state index contributed by atoms with van der Waals surface area (Å²) in [5.74, 6) is -0.253. The smallest absolute Gasteiger partial charge is 0.303 e. The molecule has 26 heavy (non-hydrogen) atoms. The normalized spacial score (nSPS) is 10.4. The highest BCUT2D eigenvalue weighted by molar-refractivity contribution is 6.32. The van der Waals surface area contributed by atoms with Gasteiger partial charge in [-0.05, 0) is 31.0 Å². The summed E-state index contributed by atoms with van der Waals surface area (Å²) in [6.07, 6.45) is 4.16. The van der Waals surface area contributed by atoms with Crippen LogP contribution in [0.5, 0.6) is 11.5 Å². The molecule has 146 valence electrons. The lowest BCUT2D eigenvalue weighted by molar-refractivity contribution is -0.138. The van der Waals surface area contributed by atoms with Crippen molar-refractivity contribution in [3.05, 3.63) is 22.7 Å². The Balaban J connectivity index is 2.68. The van der Waals surface area contributed by atoms with E-state index in [1.165, 1.54) is 6.42 Å². The van der Waals surface area contributed by atoms with Gasteiger partial charge in [-0.3, -0.25) is 9.59 Å². The van der Waals surface area contributed by atoms with Gasteiger partial charge >= 0.3 is 5.97 Å². The summed E-state index contributed by atoms with van der Waals surface area (Å²) < 4.78 is 11.4. The van der Waals surface area contributed by atoms with Gasteiger partial charge in [0, 0.05) is 13.0 Å². The van der Waals surface area contributed by atoms with Crippen LogP contribution in [0.1, 0.15) is 57.9 Å². The molecule has 0 unspecified atom stereocenters. The molecule has 0 saturated heterocycles. The first-order valence-electron chi connectivity index (χ1n) is 9.04. The number of halogens is 1. The lowest BCUT2D eigenvalue weighted by Crippen LogP contribution is -2.23. The molecule has 2 N–H and O–H groups in total. The number of carboxylic acids is 1. The van der Waals surface area contributed by atoms with Gasteiger partial charge in [-0.2, -0.15) is 0 Å². The average molecular weight is 386 g/mol. The van der Waals surface area contributed by atoms with Gasteiger partial charge in [0.25, 0.3) is 0 Å². The number of unbranched alkanes of at least 4 members (excludes halogenated alkanes) is 3. The second-order valence-corrected chi connectivity index (χ2v) is 6.32. The highest BCUT2D eigenvalue weighted by atomic mass is 35.5. The highest BCUT2D eigenvalue weighted by Gasteiger charge is 2.13. The van der Waals surface area contributed by atoms with E-state index in [2.05, 4.69) is 12.2 Å². The maximum atomic E-state index is 11.6. The van der Waals surface area contributed by atoms with E-state index >= 15 is 0 Å². The summed E-state index contributed by atoms with van der Waals surface area (Å²) in [7, 11) is 0. The van der Waals surface area contributed by atoms with E-state index in [0.29, 0.717) is 29.7 Å². The fraction of sp³-hybridized carbons (Fsp3) is 0.579. The number of hydrogen-bond donors (Lipinski definition) is 2. The zero-order valence-corrected chi connectivity index (χ0v) is 16.2. The van der Waals surface area contributed by atoms with Crippen molar-refractivity contribution in [2.24, 2.45) is 0 Å². The number of ether oxygens (including phenoxy) is 2. The van der Waals surface area contributed by atoms with Crippen molar-refractivity contribution in [1.82, 2.24) is 5.32 Å². The summed E-state index contributed by atoms with van der Waals surface area (Å²) in [4.78, 5) is 22.1. The monoisotopic (exact) mass is 385 g/mol. The van der Waals surface area contributed by atoms with E-state index in [9.17, 15) is 9.59 Å². The van der Waals surface area contributed by atoms with Gasteiger partial charge in [0.15, 0.2) is 11.5 Å². The number of aliphatic carboxylic acids is 1. The Kier molecular flexibility index (Phi) is 10.5. The van der Waals surface area contributed by atoms with E-state index in [1.807, 2.05) is 6.92 Å². The zero-order valence-electron chi connectivity index (χ0n) is 15.5. The predicted octanol–water partition coefficient (Wildman–Crippen LogP) is 4.18. The van der Waals surface area contributed by atoms with Gasteiger partial charge in [0.1, 0.15) is 0 Å². The van der Waals surface area contributed by atoms with Crippen molar-refractivity contribution in [3.8, 4) is 11.5 Å². The fourth-order valence-electron chi connectivity index (χ4n) is 2.34. The van der Waals surface area contributed by atoms with Gasteiger partial charge in [-0.25, -0.2) is 0 Å². The predicted molar refractivity (Wildman–Crippen MR) is 101 cm³/mol. The van der Waals surface area contributed by atoms with Crippen LogP contribution in [-0.4, -0.2) is 30.2 Å². The van der Waals surface area contributed by atoms with Crippen LogP contribution in [0, 0.1) is 0 Å². The number of amides is 1. The minimum atomic E-state index is -0.998. The van der Waals surface area contributed by atoms with E-state index in [-0.39, 0.29) is 25.3 Å². The fourth-order valence-corrected chi connectivity index (χ4v) is 2.63. The second-order valence-electron chi connectivity index (χ2n) is 5.92. The Labute approximate surface area is 159 Å². The Hall–Kier alpha value is -1.95. The minimum absolute atomic E-state index is 0.0552. The molecule has 0 atom stereocenters. The van der Waals surface area contributed by atoms with E-state index in [1.54, 1.807) is 12.1 Å². The molecule has 0 fully saturated rings. The van der Waals surface area contributed by atoms with Crippen molar-refractivity contribution in [2.75, 3.05) is 13.2 Å². The minimum Gasteiger partial charge on any atom is -0.490 e.